The number of nitrogens with one attached hydrogen (secondary N) is 3. The van der Waals surface area contributed by atoms with E-state index in [2.05, 4.69) is 16.0 Å². The Kier molecular flexibility index (Phi) is 10.6. The standard InChI is InChI=1S/C21H33N5O6/c1-11(12(2)27)8-15(19(23)30)25-21(32)17(10-18(22)29)26-20(31)16(24-3)9-13-4-6-14(28)7-5-13/h4-7,11-12,15-17,24,27-28H,8-10H2,1-3H3,(H2,22,29)(H2,23,30)(H,25,32)(H,26,31)/t11?,12-,15+,16-,17+/m1/s1. The predicted octanol–water partition coefficient (Wildman–Crippen LogP) is -1.74. The molecule has 11 nitrogen and oxygen atoms in total. The van der Waals surface area contributed by atoms with Gasteiger partial charge in [-0.25, -0.2) is 0 Å². The number of benzene rings is 1. The molecule has 4 amide bonds. The second-order valence-corrected chi connectivity index (χ2v) is 7.86. The van der Waals surface area contributed by atoms with Crippen LogP contribution in [0.25, 0.3) is 0 Å². The zero-order chi connectivity index (χ0) is 24.4. The molecule has 0 radical (unpaired) electrons. The van der Waals surface area contributed by atoms with Gasteiger partial charge in [0.25, 0.3) is 0 Å². The lowest BCUT2D eigenvalue weighted by Gasteiger charge is -2.25. The summed E-state index contributed by atoms with van der Waals surface area (Å²) in [6.45, 7) is 3.24. The SMILES string of the molecule is CN[C@H](Cc1ccc(O)cc1)C(=O)N[C@@H](CC(N)=O)C(=O)N[C@@H](CC(C)[C@@H](C)O)C(N)=O. The Morgan fingerprint density at radius 3 is 1.94 bits per heavy atom. The maximum Gasteiger partial charge on any atom is 0.243 e. The highest BCUT2D eigenvalue weighted by atomic mass is 16.3. The molecule has 0 saturated carbocycles. The average Bonchev–Trinajstić information content (AvgIpc) is 2.71. The Labute approximate surface area is 186 Å². The van der Waals surface area contributed by atoms with E-state index in [0.29, 0.717) is 0 Å². The minimum Gasteiger partial charge on any atom is -0.508 e. The van der Waals surface area contributed by atoms with Gasteiger partial charge in [0.05, 0.1) is 18.6 Å². The normalized spacial score (nSPS) is 15.6. The molecule has 1 aromatic rings. The van der Waals surface area contributed by atoms with Gasteiger partial charge in [0.2, 0.25) is 23.6 Å². The van der Waals surface area contributed by atoms with Gasteiger partial charge in [-0.3, -0.25) is 19.2 Å². The Balaban J connectivity index is 2.91. The van der Waals surface area contributed by atoms with Crippen molar-refractivity contribution >= 4 is 23.6 Å². The van der Waals surface area contributed by atoms with E-state index in [0.717, 1.165) is 5.56 Å². The molecule has 11 heteroatoms. The number of phenolic OH excluding ortho intramolecular Hbond substituents is 1. The van der Waals surface area contributed by atoms with Crippen LogP contribution in [0.15, 0.2) is 24.3 Å². The van der Waals surface area contributed by atoms with Gasteiger partial charge < -0.3 is 37.6 Å². The molecule has 0 bridgehead atoms. The van der Waals surface area contributed by atoms with Crippen molar-refractivity contribution in [2.24, 2.45) is 17.4 Å². The van der Waals surface area contributed by atoms with Gasteiger partial charge in [-0.05, 0) is 50.4 Å². The number of amides is 4. The summed E-state index contributed by atoms with van der Waals surface area (Å²) in [7, 11) is 1.56. The molecule has 0 aromatic heterocycles. The van der Waals surface area contributed by atoms with E-state index in [9.17, 15) is 29.4 Å². The maximum absolute atomic E-state index is 12.7. The topological polar surface area (TPSA) is 197 Å². The first-order chi connectivity index (χ1) is 14.9. The Bertz CT molecular complexity index is 798. The van der Waals surface area contributed by atoms with Gasteiger partial charge in [-0.1, -0.05) is 19.1 Å². The van der Waals surface area contributed by atoms with Crippen LogP contribution in [-0.2, 0) is 25.6 Å². The molecular formula is C21H33N5O6. The van der Waals surface area contributed by atoms with Crippen LogP contribution in [0.4, 0.5) is 0 Å². The fourth-order valence-corrected chi connectivity index (χ4v) is 2.96. The number of likely N-dealkylation sites (N-methyl/N-ethyl adjacent to an activating group) is 1. The predicted molar refractivity (Wildman–Crippen MR) is 117 cm³/mol. The summed E-state index contributed by atoms with van der Waals surface area (Å²) in [4.78, 5) is 48.7. The molecule has 1 unspecified atom stereocenters. The minimum atomic E-state index is -1.32. The van der Waals surface area contributed by atoms with Crippen molar-refractivity contribution in [2.45, 2.75) is 57.3 Å². The third kappa shape index (κ3) is 8.90. The van der Waals surface area contributed by atoms with Gasteiger partial charge in [0.1, 0.15) is 17.8 Å². The van der Waals surface area contributed by atoms with Gasteiger partial charge in [-0.2, -0.15) is 0 Å². The van der Waals surface area contributed by atoms with Crippen molar-refractivity contribution in [3.63, 3.8) is 0 Å². The summed E-state index contributed by atoms with van der Waals surface area (Å²) < 4.78 is 0. The number of hydrogen-bond donors (Lipinski definition) is 7. The van der Waals surface area contributed by atoms with Crippen molar-refractivity contribution in [3.8, 4) is 5.75 Å². The fourth-order valence-electron chi connectivity index (χ4n) is 2.96. The van der Waals surface area contributed by atoms with Crippen molar-refractivity contribution in [3.05, 3.63) is 29.8 Å². The number of aliphatic hydroxyl groups excluding tert-OH is 1. The lowest BCUT2D eigenvalue weighted by molar-refractivity contribution is -0.133. The molecule has 0 fully saturated rings. The van der Waals surface area contributed by atoms with E-state index in [1.165, 1.54) is 12.1 Å². The summed E-state index contributed by atoms with van der Waals surface area (Å²) in [5.41, 5.74) is 11.3. The van der Waals surface area contributed by atoms with Crippen molar-refractivity contribution in [2.75, 3.05) is 7.05 Å². The quantitative estimate of drug-likeness (QED) is 0.185. The third-order valence-electron chi connectivity index (χ3n) is 5.17. The molecule has 0 saturated heterocycles. The van der Waals surface area contributed by atoms with E-state index in [-0.39, 0.29) is 24.5 Å². The molecule has 32 heavy (non-hydrogen) atoms. The summed E-state index contributed by atoms with van der Waals surface area (Å²) >= 11 is 0. The molecule has 0 aliphatic rings. The molecule has 1 rings (SSSR count). The zero-order valence-corrected chi connectivity index (χ0v) is 18.5. The second kappa shape index (κ2) is 12.6. The minimum absolute atomic E-state index is 0.0793. The van der Waals surface area contributed by atoms with E-state index in [1.54, 1.807) is 33.0 Å². The lowest BCUT2D eigenvalue weighted by atomic mass is 9.96. The monoisotopic (exact) mass is 451 g/mol. The number of primary amides is 2. The molecule has 0 spiro atoms. The highest BCUT2D eigenvalue weighted by Crippen LogP contribution is 2.13. The molecular weight excluding hydrogens is 418 g/mol. The number of aromatic hydroxyl groups is 1. The smallest absolute Gasteiger partial charge is 0.243 e. The summed E-state index contributed by atoms with van der Waals surface area (Å²) in [5.74, 6) is -3.23. The molecule has 0 aliphatic carbocycles. The Morgan fingerprint density at radius 1 is 0.938 bits per heavy atom. The van der Waals surface area contributed by atoms with E-state index < -0.39 is 54.3 Å². The van der Waals surface area contributed by atoms with E-state index in [4.69, 9.17) is 11.5 Å². The van der Waals surface area contributed by atoms with Crippen LogP contribution < -0.4 is 27.4 Å². The number of rotatable bonds is 13. The first-order valence-corrected chi connectivity index (χ1v) is 10.3. The van der Waals surface area contributed by atoms with Crippen molar-refractivity contribution in [1.82, 2.24) is 16.0 Å². The van der Waals surface area contributed by atoms with Gasteiger partial charge in [0, 0.05) is 0 Å². The van der Waals surface area contributed by atoms with Crippen LogP contribution in [0.3, 0.4) is 0 Å². The first kappa shape index (κ1) is 26.9. The van der Waals surface area contributed by atoms with Crippen LogP contribution in [0.1, 0.15) is 32.3 Å². The molecule has 9 N–H and O–H groups in total. The highest BCUT2D eigenvalue weighted by molar-refractivity contribution is 5.95. The number of carbonyl (C=O) groups is 4. The van der Waals surface area contributed by atoms with Gasteiger partial charge >= 0.3 is 0 Å². The van der Waals surface area contributed by atoms with Crippen LogP contribution in [0.5, 0.6) is 5.75 Å². The fraction of sp³-hybridized carbons (Fsp3) is 0.524. The number of aliphatic hydroxyl groups is 1. The molecule has 0 heterocycles. The van der Waals surface area contributed by atoms with Crippen LogP contribution >= 0.6 is 0 Å². The lowest BCUT2D eigenvalue weighted by Crippen LogP contribution is -2.57. The molecule has 0 aliphatic heterocycles. The average molecular weight is 452 g/mol. The van der Waals surface area contributed by atoms with Crippen LogP contribution in [0, 0.1) is 5.92 Å². The summed E-state index contributed by atoms with van der Waals surface area (Å²) in [6.07, 6.45) is -0.879. The second-order valence-electron chi connectivity index (χ2n) is 7.86. The Hall–Kier alpha value is -3.18. The van der Waals surface area contributed by atoms with Crippen molar-refractivity contribution < 1.29 is 29.4 Å². The number of nitrogens with two attached hydrogens (primary N) is 2. The van der Waals surface area contributed by atoms with Crippen LogP contribution in [0.2, 0.25) is 0 Å². The molecule has 5 atom stereocenters. The number of carbonyl (C=O) groups excluding carboxylic acids is 4. The largest absolute Gasteiger partial charge is 0.508 e. The van der Waals surface area contributed by atoms with E-state index in [1.807, 2.05) is 0 Å². The van der Waals surface area contributed by atoms with Crippen LogP contribution in [-0.4, -0.2) is 65.1 Å². The summed E-state index contributed by atoms with van der Waals surface area (Å²) in [6, 6.07) is 3.12. The molecule has 1 aromatic carbocycles. The molecule has 178 valence electrons. The zero-order valence-electron chi connectivity index (χ0n) is 18.5. The number of phenols is 1. The van der Waals surface area contributed by atoms with Crippen molar-refractivity contribution in [1.29, 1.82) is 0 Å². The number of hydrogen-bond acceptors (Lipinski definition) is 7. The third-order valence-corrected chi connectivity index (χ3v) is 5.17. The Morgan fingerprint density at radius 2 is 1.47 bits per heavy atom. The maximum atomic E-state index is 12.7. The van der Waals surface area contributed by atoms with E-state index >= 15 is 0 Å². The van der Waals surface area contributed by atoms with Gasteiger partial charge in [0.15, 0.2) is 0 Å². The highest BCUT2D eigenvalue weighted by Gasteiger charge is 2.30. The first-order valence-electron chi connectivity index (χ1n) is 10.3. The summed E-state index contributed by atoms with van der Waals surface area (Å²) in [5, 5.41) is 26.8. The van der Waals surface area contributed by atoms with Gasteiger partial charge in [-0.15, -0.1) is 0 Å².